The van der Waals surface area contributed by atoms with E-state index in [4.69, 9.17) is 0 Å². The smallest absolute Gasteiger partial charge is 0.379 e. The molecule has 0 saturated carbocycles. The van der Waals surface area contributed by atoms with Crippen LogP contribution in [0.15, 0.2) is 60.7 Å². The number of carbonyl (C=O) groups excluding carboxylic acids is 3. The summed E-state index contributed by atoms with van der Waals surface area (Å²) >= 11 is 0. The Morgan fingerprint density at radius 2 is 1.43 bits per heavy atom. The minimum Gasteiger partial charge on any atom is -0.463 e. The van der Waals surface area contributed by atoms with Gasteiger partial charge in [-0.3, -0.25) is 9.59 Å². The molecule has 0 radical (unpaired) electrons. The van der Waals surface area contributed by atoms with Crippen LogP contribution in [0.3, 0.4) is 0 Å². The molecule has 0 amide bonds. The number of ketones is 2. The monoisotopic (exact) mass is 370 g/mol. The number of aryl methyl sites for hydroxylation is 1. The molecule has 0 aromatic heterocycles. The maximum absolute atomic E-state index is 12.9. The highest BCUT2D eigenvalue weighted by atomic mass is 16.5. The summed E-state index contributed by atoms with van der Waals surface area (Å²) < 4.78 is 4.52. The lowest BCUT2D eigenvalue weighted by Gasteiger charge is -2.07. The van der Waals surface area contributed by atoms with Crippen LogP contribution in [-0.2, 0) is 16.0 Å². The van der Waals surface area contributed by atoms with Gasteiger partial charge in [0.2, 0.25) is 0 Å². The molecule has 4 nitrogen and oxygen atoms in total. The molecule has 1 aliphatic carbocycles. The molecular weight excluding hydrogens is 352 g/mol. The van der Waals surface area contributed by atoms with E-state index in [0.29, 0.717) is 23.1 Å². The van der Waals surface area contributed by atoms with Gasteiger partial charge in [0.1, 0.15) is 0 Å². The minimum atomic E-state index is -0.874. The molecule has 0 unspecified atom stereocenters. The van der Waals surface area contributed by atoms with Crippen LogP contribution < -0.4 is 0 Å². The summed E-state index contributed by atoms with van der Waals surface area (Å²) in [4.78, 5) is 36.5. The number of carbonyl (C=O) groups is 3. The van der Waals surface area contributed by atoms with Crippen molar-refractivity contribution in [2.24, 2.45) is 0 Å². The molecule has 0 bridgehead atoms. The molecule has 0 aliphatic heterocycles. The Labute approximate surface area is 162 Å². The van der Waals surface area contributed by atoms with E-state index in [1.54, 1.807) is 12.1 Å². The first-order valence-electron chi connectivity index (χ1n) is 8.99. The van der Waals surface area contributed by atoms with Gasteiger partial charge >= 0.3 is 5.97 Å². The first kappa shape index (κ1) is 17.9. The molecule has 1 aliphatic rings. The molecule has 28 heavy (non-hydrogen) atoms. The third-order valence-electron chi connectivity index (χ3n) is 5.17. The Morgan fingerprint density at radius 1 is 0.821 bits per heavy atom. The zero-order valence-corrected chi connectivity index (χ0v) is 15.6. The van der Waals surface area contributed by atoms with Crippen molar-refractivity contribution in [1.29, 1.82) is 0 Å². The molecule has 3 aromatic carbocycles. The van der Waals surface area contributed by atoms with Crippen LogP contribution in [0.25, 0.3) is 11.1 Å². The maximum atomic E-state index is 12.9. The summed E-state index contributed by atoms with van der Waals surface area (Å²) in [6, 6.07) is 18.5. The number of methoxy groups -OCH3 is 1. The fraction of sp³-hybridized carbons (Fsp3) is 0.125. The number of Topliss-reactive ketones (excluding diaryl/α,β-unsaturated/α-hetero) is 1. The second-order valence-electron chi connectivity index (χ2n) is 6.89. The van der Waals surface area contributed by atoms with Gasteiger partial charge in [0.15, 0.2) is 5.78 Å². The summed E-state index contributed by atoms with van der Waals surface area (Å²) in [7, 11) is 1.19. The molecule has 0 fully saturated rings. The predicted octanol–water partition coefficient (Wildman–Crippen LogP) is 4.15. The third kappa shape index (κ3) is 2.93. The van der Waals surface area contributed by atoms with Crippen molar-refractivity contribution >= 4 is 17.5 Å². The van der Waals surface area contributed by atoms with Crippen molar-refractivity contribution in [3.63, 3.8) is 0 Å². The lowest BCUT2D eigenvalue weighted by molar-refractivity contribution is -0.135. The molecule has 3 aromatic rings. The first-order chi connectivity index (χ1) is 13.5. The van der Waals surface area contributed by atoms with E-state index in [0.717, 1.165) is 27.8 Å². The summed E-state index contributed by atoms with van der Waals surface area (Å²) in [5.74, 6) is -1.53. The number of esters is 1. The second kappa shape index (κ2) is 6.89. The topological polar surface area (TPSA) is 60.4 Å². The molecule has 0 N–H and O–H groups in total. The van der Waals surface area contributed by atoms with E-state index in [2.05, 4.69) is 4.74 Å². The van der Waals surface area contributed by atoms with E-state index in [1.165, 1.54) is 7.11 Å². The molecule has 0 saturated heterocycles. The highest BCUT2D eigenvalue weighted by Gasteiger charge is 2.24. The first-order valence-corrected chi connectivity index (χ1v) is 8.99. The van der Waals surface area contributed by atoms with Gasteiger partial charge in [0.05, 0.1) is 7.11 Å². The SMILES string of the molecule is COC(=O)C(=O)c1ccc2c(c1)Cc1cc(C(=O)c3ccccc3C)ccc1-2. The maximum Gasteiger partial charge on any atom is 0.379 e. The lowest BCUT2D eigenvalue weighted by Crippen LogP contribution is -2.15. The quantitative estimate of drug-likeness (QED) is 0.308. The van der Waals surface area contributed by atoms with E-state index >= 15 is 0 Å². The van der Waals surface area contributed by atoms with Gasteiger partial charge in [0, 0.05) is 16.7 Å². The van der Waals surface area contributed by atoms with Crippen LogP contribution in [0.2, 0.25) is 0 Å². The van der Waals surface area contributed by atoms with Crippen LogP contribution in [0.4, 0.5) is 0 Å². The van der Waals surface area contributed by atoms with E-state index in [-0.39, 0.29) is 5.78 Å². The highest BCUT2D eigenvalue weighted by molar-refractivity contribution is 6.40. The molecule has 4 rings (SSSR count). The van der Waals surface area contributed by atoms with Crippen molar-refractivity contribution in [2.75, 3.05) is 7.11 Å². The molecule has 0 atom stereocenters. The Kier molecular flexibility index (Phi) is 4.40. The van der Waals surface area contributed by atoms with Crippen LogP contribution in [0.1, 0.15) is 43.0 Å². The number of rotatable bonds is 4. The number of hydrogen-bond acceptors (Lipinski definition) is 4. The molecule has 4 heteroatoms. The number of hydrogen-bond donors (Lipinski definition) is 0. The summed E-state index contributed by atoms with van der Waals surface area (Å²) in [5, 5.41) is 0. The Morgan fingerprint density at radius 3 is 2.07 bits per heavy atom. The third-order valence-corrected chi connectivity index (χ3v) is 5.17. The van der Waals surface area contributed by atoms with Gasteiger partial charge in [-0.1, -0.05) is 48.5 Å². The normalized spacial score (nSPS) is 11.5. The molecule has 0 heterocycles. The van der Waals surface area contributed by atoms with Crippen molar-refractivity contribution in [3.8, 4) is 11.1 Å². The number of ether oxygens (including phenoxy) is 1. The van der Waals surface area contributed by atoms with Gasteiger partial charge in [-0.15, -0.1) is 0 Å². The van der Waals surface area contributed by atoms with Gasteiger partial charge < -0.3 is 4.74 Å². The summed E-state index contributed by atoms with van der Waals surface area (Å²) in [6.07, 6.45) is 0.613. The van der Waals surface area contributed by atoms with Gasteiger partial charge in [-0.05, 0) is 53.3 Å². The Balaban J connectivity index is 1.67. The summed E-state index contributed by atoms with van der Waals surface area (Å²) in [6.45, 7) is 1.93. The average molecular weight is 370 g/mol. The van der Waals surface area contributed by atoms with Gasteiger partial charge in [-0.2, -0.15) is 0 Å². The number of fused-ring (bicyclic) bond motifs is 3. The molecule has 138 valence electrons. The van der Waals surface area contributed by atoms with E-state index in [9.17, 15) is 14.4 Å². The number of benzene rings is 3. The van der Waals surface area contributed by atoms with Crippen molar-refractivity contribution < 1.29 is 19.1 Å². The van der Waals surface area contributed by atoms with Crippen LogP contribution in [-0.4, -0.2) is 24.6 Å². The van der Waals surface area contributed by atoms with Crippen LogP contribution in [0, 0.1) is 6.92 Å². The van der Waals surface area contributed by atoms with Crippen molar-refractivity contribution in [3.05, 3.63) is 94.0 Å². The molecule has 0 spiro atoms. The van der Waals surface area contributed by atoms with Crippen molar-refractivity contribution in [2.45, 2.75) is 13.3 Å². The van der Waals surface area contributed by atoms with Crippen LogP contribution >= 0.6 is 0 Å². The fourth-order valence-corrected chi connectivity index (χ4v) is 3.69. The Bertz CT molecular complexity index is 1140. The second-order valence-corrected chi connectivity index (χ2v) is 6.89. The average Bonchev–Trinajstić information content (AvgIpc) is 3.09. The minimum absolute atomic E-state index is 0.00147. The summed E-state index contributed by atoms with van der Waals surface area (Å²) in [5.41, 5.74) is 6.68. The van der Waals surface area contributed by atoms with E-state index < -0.39 is 11.8 Å². The highest BCUT2D eigenvalue weighted by Crippen LogP contribution is 2.38. The standard InChI is InChI=1S/C24H18O4/c1-14-5-3-4-6-19(14)22(25)15-7-9-20-17(11-15)13-18-12-16(8-10-21(18)20)23(26)24(27)28-2/h3-12H,13H2,1-2H3. The fourth-order valence-electron chi connectivity index (χ4n) is 3.69. The molecular formula is C24H18O4. The Hall–Kier alpha value is -3.53. The van der Waals surface area contributed by atoms with Crippen LogP contribution in [0.5, 0.6) is 0 Å². The van der Waals surface area contributed by atoms with E-state index in [1.807, 2.05) is 55.5 Å². The van der Waals surface area contributed by atoms with Crippen molar-refractivity contribution in [1.82, 2.24) is 0 Å². The lowest BCUT2D eigenvalue weighted by atomic mass is 9.96. The predicted molar refractivity (Wildman–Crippen MR) is 106 cm³/mol. The zero-order valence-electron chi connectivity index (χ0n) is 15.6. The largest absolute Gasteiger partial charge is 0.463 e. The van der Waals surface area contributed by atoms with Gasteiger partial charge in [0.25, 0.3) is 5.78 Å². The zero-order chi connectivity index (χ0) is 19.8. The van der Waals surface area contributed by atoms with Gasteiger partial charge in [-0.25, -0.2) is 4.79 Å².